The van der Waals surface area contributed by atoms with Crippen LogP contribution in [0.4, 0.5) is 5.13 Å². The highest BCUT2D eigenvalue weighted by atomic mass is 32.1. The lowest BCUT2D eigenvalue weighted by Crippen LogP contribution is -2.29. The van der Waals surface area contributed by atoms with Gasteiger partial charge in [-0.25, -0.2) is 4.98 Å². The number of amides is 1. The summed E-state index contributed by atoms with van der Waals surface area (Å²) in [5, 5.41) is 11.7. The zero-order valence-electron chi connectivity index (χ0n) is 18.6. The molecule has 2 aliphatic heterocycles. The average Bonchev–Trinajstić information content (AvgIpc) is 3.41. The second-order valence-electron chi connectivity index (χ2n) is 8.28. The molecule has 174 valence electrons. The molecular formula is C26H19N3O5S. The third-order valence-corrected chi connectivity index (χ3v) is 7.02. The molecule has 1 atom stereocenters. The number of fused-ring (bicyclic) bond motifs is 2. The van der Waals surface area contributed by atoms with Gasteiger partial charge in [0.25, 0.3) is 5.78 Å². The van der Waals surface area contributed by atoms with Crippen molar-refractivity contribution in [2.75, 3.05) is 18.1 Å². The number of aliphatic hydroxyl groups is 1. The van der Waals surface area contributed by atoms with E-state index in [0.29, 0.717) is 41.0 Å². The number of anilines is 1. The molecule has 4 aromatic rings. The fourth-order valence-electron chi connectivity index (χ4n) is 4.35. The lowest BCUT2D eigenvalue weighted by Gasteiger charge is -2.23. The molecule has 1 N–H and O–H groups in total. The number of Topliss-reactive ketones (excluding diaryl/α,β-unsaturated/α-hetero) is 1. The Morgan fingerprint density at radius 2 is 1.91 bits per heavy atom. The summed E-state index contributed by atoms with van der Waals surface area (Å²) in [7, 11) is 0. The third kappa shape index (κ3) is 3.52. The monoisotopic (exact) mass is 485 g/mol. The predicted octanol–water partition coefficient (Wildman–Crippen LogP) is 4.40. The van der Waals surface area contributed by atoms with E-state index < -0.39 is 17.7 Å². The second kappa shape index (κ2) is 8.21. The molecule has 1 amide bonds. The molecule has 1 saturated heterocycles. The molecule has 0 spiro atoms. The van der Waals surface area contributed by atoms with Crippen LogP contribution in [-0.2, 0) is 9.59 Å². The van der Waals surface area contributed by atoms with E-state index in [-0.39, 0.29) is 11.3 Å². The number of aliphatic hydroxyl groups excluding tert-OH is 1. The summed E-state index contributed by atoms with van der Waals surface area (Å²) in [5.41, 5.74) is 2.70. The first-order valence-corrected chi connectivity index (χ1v) is 11.8. The van der Waals surface area contributed by atoms with Crippen molar-refractivity contribution >= 4 is 44.1 Å². The van der Waals surface area contributed by atoms with Crippen LogP contribution in [0.25, 0.3) is 16.0 Å². The number of nitrogens with zero attached hydrogens (tertiary/aromatic N) is 3. The van der Waals surface area contributed by atoms with Gasteiger partial charge in [0.2, 0.25) is 0 Å². The Balaban J connectivity index is 1.53. The number of hydrogen-bond acceptors (Lipinski definition) is 8. The van der Waals surface area contributed by atoms with Crippen LogP contribution in [0.1, 0.15) is 22.7 Å². The zero-order valence-corrected chi connectivity index (χ0v) is 19.4. The summed E-state index contributed by atoms with van der Waals surface area (Å²) in [4.78, 5) is 36.8. The van der Waals surface area contributed by atoms with Gasteiger partial charge in [0.1, 0.15) is 19.0 Å². The van der Waals surface area contributed by atoms with Crippen LogP contribution in [0.15, 0.2) is 66.5 Å². The maximum Gasteiger partial charge on any atom is 0.301 e. The summed E-state index contributed by atoms with van der Waals surface area (Å²) in [6.45, 7) is 2.80. The van der Waals surface area contributed by atoms with Gasteiger partial charge in [-0.05, 0) is 54.4 Å². The van der Waals surface area contributed by atoms with E-state index in [0.717, 1.165) is 15.8 Å². The van der Waals surface area contributed by atoms with E-state index in [1.165, 1.54) is 16.2 Å². The summed E-state index contributed by atoms with van der Waals surface area (Å²) in [5.74, 6) is -0.820. The maximum atomic E-state index is 13.3. The number of carbonyl (C=O) groups excluding carboxylic acids is 2. The molecule has 1 unspecified atom stereocenters. The number of carbonyl (C=O) groups is 2. The Morgan fingerprint density at radius 1 is 1.09 bits per heavy atom. The van der Waals surface area contributed by atoms with Crippen molar-refractivity contribution < 1.29 is 24.2 Å². The maximum absolute atomic E-state index is 13.3. The van der Waals surface area contributed by atoms with E-state index in [1.807, 2.05) is 25.1 Å². The van der Waals surface area contributed by atoms with Crippen molar-refractivity contribution in [3.05, 3.63) is 83.2 Å². The molecule has 2 aliphatic rings. The lowest BCUT2D eigenvalue weighted by molar-refractivity contribution is -0.132. The van der Waals surface area contributed by atoms with Crippen LogP contribution in [0, 0.1) is 6.92 Å². The number of pyridine rings is 1. The van der Waals surface area contributed by atoms with Crippen LogP contribution in [-0.4, -0.2) is 40.0 Å². The smallest absolute Gasteiger partial charge is 0.301 e. The highest BCUT2D eigenvalue weighted by Crippen LogP contribution is 2.45. The molecule has 2 aromatic heterocycles. The first-order valence-electron chi connectivity index (χ1n) is 11.0. The normalized spacial score (nSPS) is 18.9. The van der Waals surface area contributed by atoms with Crippen molar-refractivity contribution in [1.29, 1.82) is 0 Å². The van der Waals surface area contributed by atoms with Gasteiger partial charge in [-0.15, -0.1) is 0 Å². The molecule has 4 heterocycles. The molecular weight excluding hydrogens is 466 g/mol. The Labute approximate surface area is 204 Å². The molecule has 2 aromatic carbocycles. The summed E-state index contributed by atoms with van der Waals surface area (Å²) >= 11 is 1.32. The van der Waals surface area contributed by atoms with Crippen LogP contribution in [0.3, 0.4) is 0 Å². The molecule has 0 radical (unpaired) electrons. The number of aromatic nitrogens is 2. The number of hydrogen-bond donors (Lipinski definition) is 1. The molecule has 0 bridgehead atoms. The van der Waals surface area contributed by atoms with Crippen molar-refractivity contribution in [3.63, 3.8) is 0 Å². The van der Waals surface area contributed by atoms with Gasteiger partial charge in [0.15, 0.2) is 16.6 Å². The molecule has 6 rings (SSSR count). The van der Waals surface area contributed by atoms with Gasteiger partial charge in [-0.2, -0.15) is 0 Å². The number of ether oxygens (including phenoxy) is 2. The van der Waals surface area contributed by atoms with Crippen molar-refractivity contribution in [1.82, 2.24) is 9.97 Å². The Kier molecular flexibility index (Phi) is 5.00. The fraction of sp³-hybridized carbons (Fsp3) is 0.154. The fourth-order valence-corrected chi connectivity index (χ4v) is 5.44. The lowest BCUT2D eigenvalue weighted by atomic mass is 9.96. The van der Waals surface area contributed by atoms with E-state index in [4.69, 9.17) is 9.47 Å². The Morgan fingerprint density at radius 3 is 2.71 bits per heavy atom. The first-order chi connectivity index (χ1) is 17.0. The largest absolute Gasteiger partial charge is 0.507 e. The number of rotatable bonds is 3. The third-order valence-electron chi connectivity index (χ3n) is 6.00. The SMILES string of the molecule is Cc1ccc2nc(N3C(=O)C(=O)C(=C(O)c4ccc5c(c4)OCCO5)C3c3cccnc3)sc2c1. The van der Waals surface area contributed by atoms with Crippen LogP contribution in [0.5, 0.6) is 11.5 Å². The molecule has 1 fully saturated rings. The quantitative estimate of drug-likeness (QED) is 0.261. The van der Waals surface area contributed by atoms with Crippen LogP contribution < -0.4 is 14.4 Å². The van der Waals surface area contributed by atoms with Gasteiger partial charge >= 0.3 is 5.91 Å². The number of thiazole rings is 1. The van der Waals surface area contributed by atoms with Crippen molar-refractivity contribution in [2.24, 2.45) is 0 Å². The molecule has 0 aliphatic carbocycles. The number of benzene rings is 2. The second-order valence-corrected chi connectivity index (χ2v) is 9.29. The van der Waals surface area contributed by atoms with Gasteiger partial charge in [-0.3, -0.25) is 19.5 Å². The standard InChI is InChI=1S/C26H19N3O5S/c1-14-4-6-17-20(11-14)35-26(28-17)29-22(16-3-2-8-27-13-16)21(24(31)25(29)32)23(30)15-5-7-18-19(12-15)34-10-9-33-18/h2-8,11-13,22,30H,9-10H2,1H3. The van der Waals surface area contributed by atoms with Crippen molar-refractivity contribution in [2.45, 2.75) is 13.0 Å². The van der Waals surface area contributed by atoms with E-state index in [1.54, 1.807) is 42.7 Å². The number of ketones is 1. The minimum absolute atomic E-state index is 0.0323. The van der Waals surface area contributed by atoms with Crippen LogP contribution >= 0.6 is 11.3 Å². The molecule has 0 saturated carbocycles. The van der Waals surface area contributed by atoms with E-state index in [9.17, 15) is 14.7 Å². The minimum atomic E-state index is -0.890. The van der Waals surface area contributed by atoms with Gasteiger partial charge in [0, 0.05) is 18.0 Å². The van der Waals surface area contributed by atoms with Gasteiger partial charge in [-0.1, -0.05) is 23.5 Å². The Hall–Kier alpha value is -4.24. The van der Waals surface area contributed by atoms with Gasteiger partial charge in [0.05, 0.1) is 21.8 Å². The van der Waals surface area contributed by atoms with Gasteiger partial charge < -0.3 is 14.6 Å². The highest BCUT2D eigenvalue weighted by Gasteiger charge is 2.48. The molecule has 9 heteroatoms. The molecule has 35 heavy (non-hydrogen) atoms. The average molecular weight is 486 g/mol. The summed E-state index contributed by atoms with van der Waals surface area (Å²) in [6, 6.07) is 13.3. The number of aryl methyl sites for hydroxylation is 1. The molecule has 8 nitrogen and oxygen atoms in total. The Bertz CT molecular complexity index is 1530. The predicted molar refractivity (Wildman–Crippen MR) is 131 cm³/mol. The topological polar surface area (TPSA) is 102 Å². The highest BCUT2D eigenvalue weighted by molar-refractivity contribution is 7.22. The van der Waals surface area contributed by atoms with Crippen LogP contribution in [0.2, 0.25) is 0 Å². The van der Waals surface area contributed by atoms with E-state index >= 15 is 0 Å². The summed E-state index contributed by atoms with van der Waals surface area (Å²) < 4.78 is 12.1. The van der Waals surface area contributed by atoms with E-state index in [2.05, 4.69) is 9.97 Å². The zero-order chi connectivity index (χ0) is 24.1. The minimum Gasteiger partial charge on any atom is -0.507 e. The first kappa shape index (κ1) is 21.3. The van der Waals surface area contributed by atoms with Crippen molar-refractivity contribution in [3.8, 4) is 11.5 Å². The summed E-state index contributed by atoms with van der Waals surface area (Å²) in [6.07, 6.45) is 3.19.